The van der Waals surface area contributed by atoms with Crippen molar-refractivity contribution in [3.8, 4) is 11.3 Å². The first kappa shape index (κ1) is 14.6. The van der Waals surface area contributed by atoms with Gasteiger partial charge in [-0.15, -0.1) is 11.8 Å². The Morgan fingerprint density at radius 1 is 0.955 bits per heavy atom. The Bertz CT molecular complexity index is 810. The molecule has 0 radical (unpaired) electrons. The number of rotatable bonds is 4. The molecule has 3 rings (SSSR count). The Morgan fingerprint density at radius 3 is 2.36 bits per heavy atom. The summed E-state index contributed by atoms with van der Waals surface area (Å²) in [4.78, 5) is 13.2. The third-order valence-corrected chi connectivity index (χ3v) is 4.17. The number of aromatic nitrogens is 2. The summed E-state index contributed by atoms with van der Waals surface area (Å²) in [6, 6.07) is 21.4. The maximum absolute atomic E-state index is 12.0. The van der Waals surface area contributed by atoms with Crippen LogP contribution in [0.15, 0.2) is 76.4 Å². The Labute approximate surface area is 133 Å². The Balaban J connectivity index is 1.93. The van der Waals surface area contributed by atoms with Crippen LogP contribution in [0.3, 0.4) is 0 Å². The topological polar surface area (TPSA) is 34.9 Å². The van der Waals surface area contributed by atoms with Crippen LogP contribution in [-0.2, 0) is 6.54 Å². The second-order valence-corrected chi connectivity index (χ2v) is 5.81. The van der Waals surface area contributed by atoms with Gasteiger partial charge in [0.1, 0.15) is 0 Å². The molecule has 0 bridgehead atoms. The van der Waals surface area contributed by atoms with E-state index in [2.05, 4.69) is 17.2 Å². The summed E-state index contributed by atoms with van der Waals surface area (Å²) in [5.74, 6) is 0. The number of hydrogen-bond donors (Lipinski definition) is 0. The highest BCUT2D eigenvalue weighted by Crippen LogP contribution is 2.20. The lowest BCUT2D eigenvalue weighted by atomic mass is 10.1. The maximum Gasteiger partial charge on any atom is 0.267 e. The number of benzene rings is 2. The van der Waals surface area contributed by atoms with Gasteiger partial charge in [-0.3, -0.25) is 4.79 Å². The van der Waals surface area contributed by atoms with Crippen molar-refractivity contribution in [2.75, 3.05) is 6.26 Å². The molecule has 0 saturated heterocycles. The lowest BCUT2D eigenvalue weighted by Crippen LogP contribution is -2.22. The molecule has 3 aromatic rings. The van der Waals surface area contributed by atoms with Crippen molar-refractivity contribution >= 4 is 11.8 Å². The first-order valence-corrected chi connectivity index (χ1v) is 8.25. The molecule has 0 aliphatic carbocycles. The van der Waals surface area contributed by atoms with Crippen molar-refractivity contribution in [3.05, 3.63) is 82.6 Å². The van der Waals surface area contributed by atoms with Gasteiger partial charge in [-0.2, -0.15) is 5.10 Å². The summed E-state index contributed by atoms with van der Waals surface area (Å²) in [6.45, 7) is 0.483. The van der Waals surface area contributed by atoms with E-state index in [-0.39, 0.29) is 5.56 Å². The van der Waals surface area contributed by atoms with Crippen LogP contribution in [0.1, 0.15) is 5.56 Å². The van der Waals surface area contributed by atoms with E-state index in [9.17, 15) is 4.79 Å². The Hall–Kier alpha value is -2.33. The second-order valence-electron chi connectivity index (χ2n) is 4.93. The molecule has 0 N–H and O–H groups in total. The zero-order valence-electron chi connectivity index (χ0n) is 12.3. The average Bonchev–Trinajstić information content (AvgIpc) is 2.58. The van der Waals surface area contributed by atoms with Crippen LogP contribution < -0.4 is 5.56 Å². The van der Waals surface area contributed by atoms with E-state index in [0.717, 1.165) is 16.8 Å². The molecular weight excluding hydrogens is 292 g/mol. The molecule has 0 saturated carbocycles. The highest BCUT2D eigenvalue weighted by atomic mass is 32.2. The standard InChI is InChI=1S/C18H16N2OS/c1-22-16-9-7-15(8-10-16)17-11-12-18(21)20(19-17)13-14-5-3-2-4-6-14/h2-12H,13H2,1H3. The van der Waals surface area contributed by atoms with E-state index in [1.54, 1.807) is 23.9 Å². The molecule has 0 aliphatic heterocycles. The largest absolute Gasteiger partial charge is 0.268 e. The molecule has 0 spiro atoms. The van der Waals surface area contributed by atoms with E-state index in [0.29, 0.717) is 6.54 Å². The number of hydrogen-bond acceptors (Lipinski definition) is 3. The van der Waals surface area contributed by atoms with Crippen molar-refractivity contribution in [1.82, 2.24) is 9.78 Å². The van der Waals surface area contributed by atoms with Crippen molar-refractivity contribution < 1.29 is 0 Å². The van der Waals surface area contributed by atoms with Crippen LogP contribution in [-0.4, -0.2) is 16.0 Å². The minimum absolute atomic E-state index is 0.0895. The van der Waals surface area contributed by atoms with Gasteiger partial charge in [0.15, 0.2) is 0 Å². The van der Waals surface area contributed by atoms with Gasteiger partial charge in [-0.25, -0.2) is 4.68 Å². The highest BCUT2D eigenvalue weighted by molar-refractivity contribution is 7.98. The monoisotopic (exact) mass is 308 g/mol. The first-order chi connectivity index (χ1) is 10.8. The quantitative estimate of drug-likeness (QED) is 0.690. The fourth-order valence-electron chi connectivity index (χ4n) is 2.23. The van der Waals surface area contributed by atoms with Crippen molar-refractivity contribution in [3.63, 3.8) is 0 Å². The predicted molar refractivity (Wildman–Crippen MR) is 91.3 cm³/mol. The highest BCUT2D eigenvalue weighted by Gasteiger charge is 2.04. The molecule has 0 amide bonds. The molecule has 3 nitrogen and oxygen atoms in total. The maximum atomic E-state index is 12.0. The summed E-state index contributed by atoms with van der Waals surface area (Å²) < 4.78 is 1.51. The predicted octanol–water partition coefficient (Wildman–Crippen LogP) is 3.68. The molecule has 4 heteroatoms. The van der Waals surface area contributed by atoms with Crippen LogP contribution in [0, 0.1) is 0 Å². The molecule has 1 aromatic heterocycles. The van der Waals surface area contributed by atoms with E-state index >= 15 is 0 Å². The molecule has 0 unspecified atom stereocenters. The Kier molecular flexibility index (Phi) is 4.39. The minimum atomic E-state index is -0.0895. The summed E-state index contributed by atoms with van der Waals surface area (Å²) in [5, 5.41) is 4.49. The van der Waals surface area contributed by atoms with Crippen LogP contribution in [0.4, 0.5) is 0 Å². The summed E-state index contributed by atoms with van der Waals surface area (Å²) in [7, 11) is 0. The molecular formula is C18H16N2OS. The normalized spacial score (nSPS) is 10.6. The van der Waals surface area contributed by atoms with Gasteiger partial charge < -0.3 is 0 Å². The lowest BCUT2D eigenvalue weighted by Gasteiger charge is -2.08. The zero-order valence-corrected chi connectivity index (χ0v) is 13.1. The van der Waals surface area contributed by atoms with Gasteiger partial charge in [-0.1, -0.05) is 42.5 Å². The van der Waals surface area contributed by atoms with Crippen molar-refractivity contribution in [1.29, 1.82) is 0 Å². The summed E-state index contributed by atoms with van der Waals surface area (Å²) >= 11 is 1.70. The fraction of sp³-hybridized carbons (Fsp3) is 0.111. The molecule has 110 valence electrons. The molecule has 2 aromatic carbocycles. The van der Waals surface area contributed by atoms with Gasteiger partial charge >= 0.3 is 0 Å². The van der Waals surface area contributed by atoms with E-state index in [1.807, 2.05) is 48.7 Å². The molecule has 0 aliphatic rings. The summed E-state index contributed by atoms with van der Waals surface area (Å²) in [5.41, 5.74) is 2.79. The minimum Gasteiger partial charge on any atom is -0.268 e. The van der Waals surface area contributed by atoms with E-state index in [1.165, 1.54) is 9.58 Å². The second kappa shape index (κ2) is 6.62. The van der Waals surface area contributed by atoms with Crippen LogP contribution in [0.5, 0.6) is 0 Å². The smallest absolute Gasteiger partial charge is 0.267 e. The van der Waals surface area contributed by atoms with Crippen LogP contribution in [0.2, 0.25) is 0 Å². The number of nitrogens with zero attached hydrogens (tertiary/aromatic N) is 2. The van der Waals surface area contributed by atoms with E-state index < -0.39 is 0 Å². The third-order valence-electron chi connectivity index (χ3n) is 3.43. The van der Waals surface area contributed by atoms with Gasteiger partial charge in [0.25, 0.3) is 5.56 Å². The molecule has 0 fully saturated rings. The lowest BCUT2D eigenvalue weighted by molar-refractivity contribution is 0.643. The zero-order chi connectivity index (χ0) is 15.4. The average molecular weight is 308 g/mol. The van der Waals surface area contributed by atoms with Crippen molar-refractivity contribution in [2.24, 2.45) is 0 Å². The van der Waals surface area contributed by atoms with E-state index in [4.69, 9.17) is 0 Å². The molecule has 1 heterocycles. The van der Waals surface area contributed by atoms with Gasteiger partial charge in [0, 0.05) is 16.5 Å². The summed E-state index contributed by atoms with van der Waals surface area (Å²) in [6.07, 6.45) is 2.05. The van der Waals surface area contributed by atoms with Gasteiger partial charge in [0.05, 0.1) is 12.2 Å². The SMILES string of the molecule is CSc1ccc(-c2ccc(=O)n(Cc3ccccc3)n2)cc1. The Morgan fingerprint density at radius 2 is 1.68 bits per heavy atom. The van der Waals surface area contributed by atoms with Crippen LogP contribution >= 0.6 is 11.8 Å². The van der Waals surface area contributed by atoms with Crippen molar-refractivity contribution in [2.45, 2.75) is 11.4 Å². The first-order valence-electron chi connectivity index (χ1n) is 7.03. The third kappa shape index (κ3) is 3.28. The molecule has 22 heavy (non-hydrogen) atoms. The fourth-order valence-corrected chi connectivity index (χ4v) is 2.64. The van der Waals surface area contributed by atoms with Gasteiger partial charge in [0.2, 0.25) is 0 Å². The van der Waals surface area contributed by atoms with Crippen LogP contribution in [0.25, 0.3) is 11.3 Å². The number of thioether (sulfide) groups is 1. The van der Waals surface area contributed by atoms with Gasteiger partial charge in [-0.05, 0) is 30.0 Å². The molecule has 0 atom stereocenters.